The molecule has 0 spiro atoms. The van der Waals surface area contributed by atoms with Crippen molar-refractivity contribution in [1.82, 2.24) is 0 Å². The lowest BCUT2D eigenvalue weighted by Crippen LogP contribution is -2.13. The van der Waals surface area contributed by atoms with Crippen molar-refractivity contribution in [1.29, 1.82) is 0 Å². The van der Waals surface area contributed by atoms with Crippen LogP contribution in [0, 0.1) is 11.7 Å². The van der Waals surface area contributed by atoms with E-state index in [9.17, 15) is 4.39 Å². The number of hydrogen-bond donors (Lipinski definition) is 1. The third kappa shape index (κ3) is 3.02. The second-order valence-corrected chi connectivity index (χ2v) is 3.54. The topological polar surface area (TPSA) is 12.0 Å². The Bertz CT molecular complexity index is 269. The largest absolute Gasteiger partial charge is 0.382 e. The Morgan fingerprint density at radius 2 is 1.86 bits per heavy atom. The standard InChI is InChI=1S/C12H18FN/c1-3-10(4-2)9-14-12-8-6-5-7-11(12)13/h5-8,10,14H,3-4,9H2,1-2H3. The number of benzene rings is 1. The molecule has 0 saturated carbocycles. The zero-order chi connectivity index (χ0) is 10.4. The van der Waals surface area contributed by atoms with Crippen LogP contribution >= 0.6 is 0 Å². The predicted octanol–water partition coefficient (Wildman–Crippen LogP) is 3.67. The highest BCUT2D eigenvalue weighted by Gasteiger charge is 2.04. The summed E-state index contributed by atoms with van der Waals surface area (Å²) in [6.45, 7) is 5.18. The summed E-state index contributed by atoms with van der Waals surface area (Å²) in [6.07, 6.45) is 2.27. The minimum atomic E-state index is -0.168. The van der Waals surface area contributed by atoms with E-state index in [0.717, 1.165) is 19.4 Å². The first-order chi connectivity index (χ1) is 6.77. The molecular formula is C12H18FN. The van der Waals surface area contributed by atoms with Gasteiger partial charge in [-0.1, -0.05) is 38.8 Å². The summed E-state index contributed by atoms with van der Waals surface area (Å²) < 4.78 is 13.2. The summed E-state index contributed by atoms with van der Waals surface area (Å²) in [5, 5.41) is 3.14. The van der Waals surface area contributed by atoms with Crippen molar-refractivity contribution in [3.8, 4) is 0 Å². The van der Waals surface area contributed by atoms with E-state index in [1.54, 1.807) is 12.1 Å². The second-order valence-electron chi connectivity index (χ2n) is 3.54. The van der Waals surface area contributed by atoms with Gasteiger partial charge >= 0.3 is 0 Å². The minimum Gasteiger partial charge on any atom is -0.382 e. The zero-order valence-corrected chi connectivity index (χ0v) is 8.89. The molecule has 0 fully saturated rings. The van der Waals surface area contributed by atoms with Gasteiger partial charge in [-0.15, -0.1) is 0 Å². The Morgan fingerprint density at radius 1 is 1.21 bits per heavy atom. The van der Waals surface area contributed by atoms with Crippen LogP contribution in [0.1, 0.15) is 26.7 Å². The Hall–Kier alpha value is -1.05. The fourth-order valence-electron chi connectivity index (χ4n) is 1.44. The molecule has 0 unspecified atom stereocenters. The van der Waals surface area contributed by atoms with Gasteiger partial charge in [-0.05, 0) is 18.1 Å². The molecule has 1 N–H and O–H groups in total. The molecule has 14 heavy (non-hydrogen) atoms. The maximum absolute atomic E-state index is 13.2. The van der Waals surface area contributed by atoms with Gasteiger partial charge in [-0.3, -0.25) is 0 Å². The molecule has 0 amide bonds. The van der Waals surface area contributed by atoms with Gasteiger partial charge in [-0.25, -0.2) is 4.39 Å². The van der Waals surface area contributed by atoms with E-state index in [4.69, 9.17) is 0 Å². The van der Waals surface area contributed by atoms with Gasteiger partial charge in [-0.2, -0.15) is 0 Å². The molecule has 0 aliphatic rings. The van der Waals surface area contributed by atoms with E-state index in [1.165, 1.54) is 6.07 Å². The second kappa shape index (κ2) is 5.63. The Labute approximate surface area is 85.3 Å². The van der Waals surface area contributed by atoms with Crippen LogP contribution in [0.3, 0.4) is 0 Å². The highest BCUT2D eigenvalue weighted by molar-refractivity contribution is 5.44. The van der Waals surface area contributed by atoms with Crippen molar-refractivity contribution in [3.05, 3.63) is 30.1 Å². The molecule has 1 aromatic carbocycles. The fourth-order valence-corrected chi connectivity index (χ4v) is 1.44. The molecule has 0 bridgehead atoms. The van der Waals surface area contributed by atoms with Crippen molar-refractivity contribution < 1.29 is 4.39 Å². The van der Waals surface area contributed by atoms with E-state index in [0.29, 0.717) is 11.6 Å². The molecule has 78 valence electrons. The number of hydrogen-bond acceptors (Lipinski definition) is 1. The molecule has 0 aliphatic carbocycles. The summed E-state index contributed by atoms with van der Waals surface area (Å²) in [5.74, 6) is 0.466. The van der Waals surface area contributed by atoms with E-state index in [1.807, 2.05) is 6.07 Å². The van der Waals surface area contributed by atoms with E-state index >= 15 is 0 Å². The molecule has 0 aliphatic heterocycles. The van der Waals surface area contributed by atoms with Gasteiger partial charge in [0.25, 0.3) is 0 Å². The summed E-state index contributed by atoms with van der Waals surface area (Å²) >= 11 is 0. The summed E-state index contributed by atoms with van der Waals surface area (Å²) in [7, 11) is 0. The number of anilines is 1. The van der Waals surface area contributed by atoms with Gasteiger partial charge in [0.05, 0.1) is 5.69 Å². The third-order valence-corrected chi connectivity index (χ3v) is 2.61. The molecule has 1 nitrogen and oxygen atoms in total. The fraction of sp³-hybridized carbons (Fsp3) is 0.500. The lowest BCUT2D eigenvalue weighted by atomic mass is 10.0. The van der Waals surface area contributed by atoms with Crippen molar-refractivity contribution in [2.75, 3.05) is 11.9 Å². The molecule has 0 aromatic heterocycles. The quantitative estimate of drug-likeness (QED) is 0.755. The first-order valence-electron chi connectivity index (χ1n) is 5.26. The van der Waals surface area contributed by atoms with Crippen LogP contribution in [-0.4, -0.2) is 6.54 Å². The van der Waals surface area contributed by atoms with Gasteiger partial charge in [0.1, 0.15) is 5.82 Å². The number of nitrogens with one attached hydrogen (secondary N) is 1. The SMILES string of the molecule is CCC(CC)CNc1ccccc1F. The summed E-state index contributed by atoms with van der Waals surface area (Å²) in [4.78, 5) is 0. The van der Waals surface area contributed by atoms with Crippen LogP contribution in [0.2, 0.25) is 0 Å². The smallest absolute Gasteiger partial charge is 0.146 e. The molecule has 2 heteroatoms. The van der Waals surface area contributed by atoms with Crippen LogP contribution < -0.4 is 5.32 Å². The molecule has 0 atom stereocenters. The van der Waals surface area contributed by atoms with Gasteiger partial charge < -0.3 is 5.32 Å². The molecule has 1 rings (SSSR count). The Morgan fingerprint density at radius 3 is 2.43 bits per heavy atom. The van der Waals surface area contributed by atoms with Crippen LogP contribution in [0.15, 0.2) is 24.3 Å². The first kappa shape index (κ1) is 11.0. The normalized spacial score (nSPS) is 10.6. The molecule has 0 heterocycles. The predicted molar refractivity (Wildman–Crippen MR) is 59.0 cm³/mol. The van der Waals surface area contributed by atoms with Crippen LogP contribution in [-0.2, 0) is 0 Å². The van der Waals surface area contributed by atoms with Gasteiger partial charge in [0, 0.05) is 6.54 Å². The molecule has 0 radical (unpaired) electrons. The van der Waals surface area contributed by atoms with Gasteiger partial charge in [0.2, 0.25) is 0 Å². The molecule has 0 saturated heterocycles. The lowest BCUT2D eigenvalue weighted by Gasteiger charge is -2.14. The van der Waals surface area contributed by atoms with Crippen molar-refractivity contribution >= 4 is 5.69 Å². The third-order valence-electron chi connectivity index (χ3n) is 2.61. The van der Waals surface area contributed by atoms with Crippen molar-refractivity contribution in [2.45, 2.75) is 26.7 Å². The number of para-hydroxylation sites is 1. The van der Waals surface area contributed by atoms with Gasteiger partial charge in [0.15, 0.2) is 0 Å². The Kier molecular flexibility index (Phi) is 4.44. The maximum Gasteiger partial charge on any atom is 0.146 e. The monoisotopic (exact) mass is 195 g/mol. The Balaban J connectivity index is 2.49. The molecule has 1 aromatic rings. The van der Waals surface area contributed by atoms with E-state index in [-0.39, 0.29) is 5.82 Å². The molecular weight excluding hydrogens is 177 g/mol. The minimum absolute atomic E-state index is 0.168. The summed E-state index contributed by atoms with van der Waals surface area (Å²) in [5.41, 5.74) is 0.611. The first-order valence-corrected chi connectivity index (χ1v) is 5.26. The average Bonchev–Trinajstić information content (AvgIpc) is 2.22. The lowest BCUT2D eigenvalue weighted by molar-refractivity contribution is 0.517. The zero-order valence-electron chi connectivity index (χ0n) is 8.89. The van der Waals surface area contributed by atoms with E-state index < -0.39 is 0 Å². The maximum atomic E-state index is 13.2. The average molecular weight is 195 g/mol. The van der Waals surface area contributed by atoms with Crippen LogP contribution in [0.4, 0.5) is 10.1 Å². The van der Waals surface area contributed by atoms with Crippen LogP contribution in [0.25, 0.3) is 0 Å². The van der Waals surface area contributed by atoms with E-state index in [2.05, 4.69) is 19.2 Å². The highest BCUT2D eigenvalue weighted by atomic mass is 19.1. The van der Waals surface area contributed by atoms with Crippen molar-refractivity contribution in [3.63, 3.8) is 0 Å². The summed E-state index contributed by atoms with van der Waals surface area (Å²) in [6, 6.07) is 6.81. The number of rotatable bonds is 5. The number of halogens is 1. The van der Waals surface area contributed by atoms with Crippen LogP contribution in [0.5, 0.6) is 0 Å². The highest BCUT2D eigenvalue weighted by Crippen LogP contribution is 2.14. The van der Waals surface area contributed by atoms with Crippen molar-refractivity contribution in [2.24, 2.45) is 5.92 Å².